The minimum Gasteiger partial charge on any atom is -0.455 e. The largest absolute Gasteiger partial charge is 0.455 e. The van der Waals surface area contributed by atoms with E-state index >= 15 is 0 Å². The van der Waals surface area contributed by atoms with Gasteiger partial charge in [-0.2, -0.15) is 0 Å². The number of hydrogen-bond acceptors (Lipinski definition) is 3. The van der Waals surface area contributed by atoms with Gasteiger partial charge in [0.2, 0.25) is 0 Å². The lowest BCUT2D eigenvalue weighted by Crippen LogP contribution is -2.49. The summed E-state index contributed by atoms with van der Waals surface area (Å²) in [7, 11) is 1.76. The van der Waals surface area contributed by atoms with Gasteiger partial charge in [0.15, 0.2) is 0 Å². The molecule has 1 N–H and O–H groups in total. The molecule has 0 atom stereocenters. The average molecular weight is 574 g/mol. The van der Waals surface area contributed by atoms with Crippen LogP contribution in [0.3, 0.4) is 0 Å². The zero-order valence-corrected chi connectivity index (χ0v) is 25.5. The van der Waals surface area contributed by atoms with Gasteiger partial charge in [-0.15, -0.1) is 0 Å². The molecule has 1 aromatic heterocycles. The van der Waals surface area contributed by atoms with Crippen molar-refractivity contribution in [2.45, 2.75) is 38.9 Å². The van der Waals surface area contributed by atoms with Crippen LogP contribution in [0.4, 0.5) is 0 Å². The number of fused-ring (bicyclic) bond motifs is 4. The Kier molecular flexibility index (Phi) is 6.92. The molecule has 0 fully saturated rings. The Labute approximate surface area is 259 Å². The normalized spacial score (nSPS) is 12.3. The molecule has 0 unspecified atom stereocenters. The van der Waals surface area contributed by atoms with Crippen molar-refractivity contribution < 1.29 is 14.2 Å². The molecule has 0 spiro atoms. The van der Waals surface area contributed by atoms with Gasteiger partial charge in [0.1, 0.15) is 11.2 Å². The predicted octanol–water partition coefficient (Wildman–Crippen LogP) is 9.55. The summed E-state index contributed by atoms with van der Waals surface area (Å²) >= 11 is 0. The summed E-state index contributed by atoms with van der Waals surface area (Å²) in [5, 5.41) is 14.9. The molecule has 0 bridgehead atoms. The topological polar surface area (TPSA) is 42.6 Å². The monoisotopic (exact) mass is 573 g/mol. The second-order valence-electron chi connectivity index (χ2n) is 12.5. The summed E-state index contributed by atoms with van der Waals surface area (Å²) in [6, 6.07) is 44.6. The molecule has 7 rings (SSSR count). The number of aliphatic hydroxyl groups is 1. The molecule has 1 radical (unpaired) electrons. The Balaban J connectivity index is 1.30. The number of benzene rings is 6. The van der Waals surface area contributed by atoms with E-state index in [-0.39, 0.29) is 0 Å². The van der Waals surface area contributed by atoms with E-state index in [0.717, 1.165) is 54.9 Å². The van der Waals surface area contributed by atoms with Crippen LogP contribution in [0.15, 0.2) is 132 Å². The molecule has 0 amide bonds. The van der Waals surface area contributed by atoms with E-state index in [4.69, 9.17) is 9.07 Å². The average Bonchev–Trinajstić information content (AvgIpc) is 3.42. The third kappa shape index (κ3) is 5.00. The SMILES string of the molecule is CC(C)(O)C(C)(C)O[B]c1ccc(-c2cccc3c2oc2ccc(-c4cccc(-c5ccccc5)c4)cc23)c2ccccc12. The second kappa shape index (κ2) is 10.8. The fourth-order valence-electron chi connectivity index (χ4n) is 5.71. The fourth-order valence-corrected chi connectivity index (χ4v) is 5.71. The van der Waals surface area contributed by atoms with Crippen molar-refractivity contribution in [3.8, 4) is 33.4 Å². The number of para-hydroxylation sites is 1. The fraction of sp³-hybridized carbons (Fsp3) is 0.150. The molecule has 6 aromatic carbocycles. The van der Waals surface area contributed by atoms with Crippen molar-refractivity contribution in [1.82, 2.24) is 0 Å². The predicted molar refractivity (Wildman–Crippen MR) is 184 cm³/mol. The standard InChI is InChI=1S/C40H34BO3/c1-39(2,42)40(3,4)44-41-36-22-21-31(30-16-8-9-17-32(30)36)33-18-11-19-34-35-25-29(20-23-37(35)43-38(33)34)28-15-10-14-27(24-28)26-12-6-5-7-13-26/h5-25,42H,1-4H3. The van der Waals surface area contributed by atoms with Gasteiger partial charge in [-0.3, -0.25) is 0 Å². The molecule has 3 nitrogen and oxygen atoms in total. The lowest BCUT2D eigenvalue weighted by molar-refractivity contribution is -0.0893. The van der Waals surface area contributed by atoms with Gasteiger partial charge >= 0.3 is 7.48 Å². The van der Waals surface area contributed by atoms with E-state index in [1.165, 1.54) is 16.7 Å². The molecular formula is C40H34BO3. The van der Waals surface area contributed by atoms with Crippen LogP contribution < -0.4 is 5.46 Å². The lowest BCUT2D eigenvalue weighted by atomic mass is 9.79. The molecule has 0 aliphatic carbocycles. The number of furan rings is 1. The minimum absolute atomic E-state index is 0.756. The smallest absolute Gasteiger partial charge is 0.331 e. The Morgan fingerprint density at radius 2 is 1.18 bits per heavy atom. The van der Waals surface area contributed by atoms with Crippen LogP contribution in [0, 0.1) is 0 Å². The molecular weight excluding hydrogens is 539 g/mol. The molecule has 4 heteroatoms. The maximum absolute atomic E-state index is 10.6. The zero-order chi connectivity index (χ0) is 30.5. The Hall–Kier alpha value is -4.64. The molecule has 0 saturated heterocycles. The highest BCUT2D eigenvalue weighted by Gasteiger charge is 2.35. The van der Waals surface area contributed by atoms with Crippen molar-refractivity contribution >= 4 is 45.7 Å². The van der Waals surface area contributed by atoms with Crippen LogP contribution in [0.5, 0.6) is 0 Å². The van der Waals surface area contributed by atoms with E-state index in [2.05, 4.69) is 115 Å². The molecule has 215 valence electrons. The van der Waals surface area contributed by atoms with Crippen LogP contribution in [-0.4, -0.2) is 23.8 Å². The van der Waals surface area contributed by atoms with Crippen LogP contribution in [0.25, 0.3) is 66.1 Å². The van der Waals surface area contributed by atoms with E-state index in [1.54, 1.807) is 21.3 Å². The first kappa shape index (κ1) is 28.2. The highest BCUT2D eigenvalue weighted by atomic mass is 16.5. The first-order valence-electron chi connectivity index (χ1n) is 15.1. The molecule has 44 heavy (non-hydrogen) atoms. The summed E-state index contributed by atoms with van der Waals surface area (Å²) < 4.78 is 12.7. The Bertz CT molecular complexity index is 2130. The highest BCUT2D eigenvalue weighted by molar-refractivity contribution is 6.51. The highest BCUT2D eigenvalue weighted by Crippen LogP contribution is 2.40. The van der Waals surface area contributed by atoms with Crippen LogP contribution in [-0.2, 0) is 4.65 Å². The molecule has 7 aromatic rings. The minimum atomic E-state index is -0.999. The van der Waals surface area contributed by atoms with Crippen molar-refractivity contribution in [2.75, 3.05) is 0 Å². The molecule has 0 aliphatic heterocycles. The van der Waals surface area contributed by atoms with Gasteiger partial charge < -0.3 is 14.2 Å². The van der Waals surface area contributed by atoms with Gasteiger partial charge in [0.05, 0.1) is 11.2 Å². The lowest BCUT2D eigenvalue weighted by Gasteiger charge is -2.37. The Morgan fingerprint density at radius 1 is 0.545 bits per heavy atom. The Morgan fingerprint density at radius 3 is 1.95 bits per heavy atom. The molecule has 0 saturated carbocycles. The van der Waals surface area contributed by atoms with Gasteiger partial charge in [0.25, 0.3) is 0 Å². The van der Waals surface area contributed by atoms with Crippen LogP contribution in [0.2, 0.25) is 0 Å². The number of rotatable bonds is 7. The summed E-state index contributed by atoms with van der Waals surface area (Å²) in [6.45, 7) is 7.32. The van der Waals surface area contributed by atoms with Crippen molar-refractivity contribution in [1.29, 1.82) is 0 Å². The van der Waals surface area contributed by atoms with E-state index in [9.17, 15) is 5.11 Å². The maximum atomic E-state index is 10.6. The van der Waals surface area contributed by atoms with E-state index in [1.807, 2.05) is 26.0 Å². The van der Waals surface area contributed by atoms with Gasteiger partial charge in [-0.25, -0.2) is 0 Å². The summed E-state index contributed by atoms with van der Waals surface area (Å²) in [5.74, 6) is 0. The summed E-state index contributed by atoms with van der Waals surface area (Å²) in [5.41, 5.74) is 7.82. The first-order chi connectivity index (χ1) is 21.2. The van der Waals surface area contributed by atoms with Crippen molar-refractivity contribution in [2.24, 2.45) is 0 Å². The summed E-state index contributed by atoms with van der Waals surface area (Å²) in [6.07, 6.45) is 0. The quantitative estimate of drug-likeness (QED) is 0.193. The van der Waals surface area contributed by atoms with Gasteiger partial charge in [-0.1, -0.05) is 109 Å². The van der Waals surface area contributed by atoms with Crippen molar-refractivity contribution in [3.05, 3.63) is 127 Å². The maximum Gasteiger partial charge on any atom is 0.331 e. The second-order valence-corrected chi connectivity index (χ2v) is 12.5. The van der Waals surface area contributed by atoms with Gasteiger partial charge in [0, 0.05) is 16.3 Å². The van der Waals surface area contributed by atoms with Crippen molar-refractivity contribution in [3.63, 3.8) is 0 Å². The summed E-state index contributed by atoms with van der Waals surface area (Å²) in [4.78, 5) is 0. The number of hydrogen-bond donors (Lipinski definition) is 1. The first-order valence-corrected chi connectivity index (χ1v) is 15.1. The zero-order valence-electron chi connectivity index (χ0n) is 25.5. The molecule has 1 heterocycles. The molecule has 0 aliphatic rings. The third-order valence-electron chi connectivity index (χ3n) is 9.00. The van der Waals surface area contributed by atoms with Gasteiger partial charge in [-0.05, 0) is 89.9 Å². The van der Waals surface area contributed by atoms with Crippen LogP contribution in [0.1, 0.15) is 27.7 Å². The van der Waals surface area contributed by atoms with E-state index < -0.39 is 11.2 Å². The van der Waals surface area contributed by atoms with E-state index in [0.29, 0.717) is 0 Å². The third-order valence-corrected chi connectivity index (χ3v) is 9.00. The van der Waals surface area contributed by atoms with Crippen LogP contribution >= 0.6 is 0 Å².